The van der Waals surface area contributed by atoms with E-state index in [0.717, 1.165) is 30.3 Å². The number of carbonyl (C=O) groups is 1. The van der Waals surface area contributed by atoms with E-state index in [1.807, 2.05) is 0 Å². The number of halogens is 1. The molecule has 1 aromatic rings. The van der Waals surface area contributed by atoms with Gasteiger partial charge >= 0.3 is 0 Å². The molecule has 0 aromatic heterocycles. The molecule has 4 nitrogen and oxygen atoms in total. The van der Waals surface area contributed by atoms with Crippen LogP contribution in [0.5, 0.6) is 0 Å². The number of rotatable bonds is 5. The van der Waals surface area contributed by atoms with E-state index in [1.165, 1.54) is 12.1 Å². The van der Waals surface area contributed by atoms with Crippen LogP contribution in [0.1, 0.15) is 0 Å². The summed E-state index contributed by atoms with van der Waals surface area (Å²) in [7, 11) is 0. The van der Waals surface area contributed by atoms with Gasteiger partial charge in [0.1, 0.15) is 11.9 Å². The van der Waals surface area contributed by atoms with Crippen LogP contribution >= 0.6 is 11.8 Å². The summed E-state index contributed by atoms with van der Waals surface area (Å²) in [5.74, 6) is 0.356. The fourth-order valence-corrected chi connectivity index (χ4v) is 3.00. The average molecular weight is 283 g/mol. The summed E-state index contributed by atoms with van der Waals surface area (Å²) in [6.07, 6.45) is 0. The zero-order valence-electron chi connectivity index (χ0n) is 10.6. The van der Waals surface area contributed by atoms with Crippen molar-refractivity contribution in [1.29, 1.82) is 0 Å². The maximum Gasteiger partial charge on any atom is 0.236 e. The van der Waals surface area contributed by atoms with Crippen LogP contribution in [-0.4, -0.2) is 48.8 Å². The maximum atomic E-state index is 12.8. The molecule has 3 N–H and O–H groups in total. The van der Waals surface area contributed by atoms with Crippen molar-refractivity contribution in [3.63, 3.8) is 0 Å². The first-order chi connectivity index (χ1) is 9.16. The molecule has 0 bridgehead atoms. The highest BCUT2D eigenvalue weighted by atomic mass is 32.2. The molecule has 0 radical (unpaired) electrons. The molecule has 19 heavy (non-hydrogen) atoms. The molecule has 1 aliphatic rings. The van der Waals surface area contributed by atoms with E-state index >= 15 is 0 Å². The van der Waals surface area contributed by atoms with E-state index in [-0.39, 0.29) is 17.8 Å². The Kier molecular flexibility index (Phi) is 5.18. The van der Waals surface area contributed by atoms with Crippen LogP contribution in [-0.2, 0) is 4.79 Å². The predicted octanol–water partition coefficient (Wildman–Crippen LogP) is 0.677. The molecule has 1 fully saturated rings. The number of primary amides is 1. The fourth-order valence-electron chi connectivity index (χ4n) is 2.11. The Morgan fingerprint density at radius 2 is 2.21 bits per heavy atom. The molecule has 0 saturated carbocycles. The highest BCUT2D eigenvalue weighted by molar-refractivity contribution is 7.99. The summed E-state index contributed by atoms with van der Waals surface area (Å²) < 4.78 is 12.8. The van der Waals surface area contributed by atoms with E-state index in [0.29, 0.717) is 6.54 Å². The van der Waals surface area contributed by atoms with Gasteiger partial charge in [-0.1, -0.05) is 0 Å². The lowest BCUT2D eigenvalue weighted by molar-refractivity contribution is -0.123. The summed E-state index contributed by atoms with van der Waals surface area (Å²) in [5, 5.41) is 3.17. The summed E-state index contributed by atoms with van der Waals surface area (Å²) in [6, 6.07) is 6.23. The minimum Gasteiger partial charge on any atom is -0.368 e. The first-order valence-electron chi connectivity index (χ1n) is 6.29. The van der Waals surface area contributed by atoms with Gasteiger partial charge < -0.3 is 11.1 Å². The molecule has 1 aromatic carbocycles. The molecule has 1 saturated heterocycles. The highest BCUT2D eigenvalue weighted by Gasteiger charge is 2.25. The Labute approximate surface area is 116 Å². The number of nitrogens with one attached hydrogen (secondary N) is 1. The molecule has 1 amide bonds. The van der Waals surface area contributed by atoms with E-state index in [1.54, 1.807) is 23.9 Å². The largest absolute Gasteiger partial charge is 0.368 e. The average Bonchev–Trinajstić information content (AvgIpc) is 2.41. The van der Waals surface area contributed by atoms with Crippen molar-refractivity contribution in [2.75, 3.05) is 31.9 Å². The minimum atomic E-state index is -0.279. The Balaban J connectivity index is 1.80. The Morgan fingerprint density at radius 1 is 1.47 bits per heavy atom. The van der Waals surface area contributed by atoms with Gasteiger partial charge in [0, 0.05) is 36.8 Å². The van der Waals surface area contributed by atoms with Gasteiger partial charge in [0.05, 0.1) is 0 Å². The molecule has 1 heterocycles. The molecule has 1 atom stereocenters. The smallest absolute Gasteiger partial charge is 0.236 e. The summed E-state index contributed by atoms with van der Waals surface area (Å²) >= 11 is 1.66. The number of piperazine rings is 1. The molecule has 104 valence electrons. The Bertz CT molecular complexity index is 426. The predicted molar refractivity (Wildman–Crippen MR) is 74.5 cm³/mol. The Hall–Kier alpha value is -1.11. The lowest BCUT2D eigenvalue weighted by Crippen LogP contribution is -2.57. The zero-order chi connectivity index (χ0) is 13.7. The SMILES string of the molecule is NC(=O)C1CNCCN1CCSc1ccc(F)cc1. The Morgan fingerprint density at radius 3 is 2.89 bits per heavy atom. The van der Waals surface area contributed by atoms with Crippen LogP contribution in [0.25, 0.3) is 0 Å². The van der Waals surface area contributed by atoms with Crippen molar-refractivity contribution < 1.29 is 9.18 Å². The van der Waals surface area contributed by atoms with Crippen molar-refractivity contribution in [3.8, 4) is 0 Å². The van der Waals surface area contributed by atoms with Crippen molar-refractivity contribution >= 4 is 17.7 Å². The van der Waals surface area contributed by atoms with Gasteiger partial charge in [-0.3, -0.25) is 9.69 Å². The summed E-state index contributed by atoms with van der Waals surface area (Å²) in [4.78, 5) is 14.5. The van der Waals surface area contributed by atoms with Crippen LogP contribution in [0.15, 0.2) is 29.2 Å². The van der Waals surface area contributed by atoms with Crippen LogP contribution in [0, 0.1) is 5.82 Å². The topological polar surface area (TPSA) is 58.4 Å². The van der Waals surface area contributed by atoms with Gasteiger partial charge in [0.15, 0.2) is 0 Å². The van der Waals surface area contributed by atoms with Gasteiger partial charge in [-0.05, 0) is 24.3 Å². The molecule has 0 aliphatic carbocycles. The van der Waals surface area contributed by atoms with E-state index in [9.17, 15) is 9.18 Å². The van der Waals surface area contributed by atoms with Gasteiger partial charge in [-0.2, -0.15) is 0 Å². The van der Waals surface area contributed by atoms with Crippen molar-refractivity contribution in [2.45, 2.75) is 10.9 Å². The van der Waals surface area contributed by atoms with Gasteiger partial charge in [-0.25, -0.2) is 4.39 Å². The van der Waals surface area contributed by atoms with Crippen LogP contribution in [0.4, 0.5) is 4.39 Å². The first-order valence-corrected chi connectivity index (χ1v) is 7.28. The third-order valence-electron chi connectivity index (χ3n) is 3.14. The van der Waals surface area contributed by atoms with Crippen molar-refractivity contribution in [1.82, 2.24) is 10.2 Å². The number of hydrogen-bond acceptors (Lipinski definition) is 4. The number of hydrogen-bond donors (Lipinski definition) is 2. The minimum absolute atomic E-state index is 0.220. The highest BCUT2D eigenvalue weighted by Crippen LogP contribution is 2.18. The standard InChI is InChI=1S/C13H18FN3OS/c14-10-1-3-11(4-2-10)19-8-7-17-6-5-16-9-12(17)13(15)18/h1-4,12,16H,5-9H2,(H2,15,18). The van der Waals surface area contributed by atoms with Crippen molar-refractivity contribution in [3.05, 3.63) is 30.1 Å². The zero-order valence-corrected chi connectivity index (χ0v) is 11.5. The number of carbonyl (C=O) groups excluding carboxylic acids is 1. The molecular formula is C13H18FN3OS. The number of amides is 1. The second-order valence-electron chi connectivity index (χ2n) is 4.46. The molecular weight excluding hydrogens is 265 g/mol. The monoisotopic (exact) mass is 283 g/mol. The number of nitrogens with two attached hydrogens (primary N) is 1. The quantitative estimate of drug-likeness (QED) is 0.780. The van der Waals surface area contributed by atoms with E-state index in [4.69, 9.17) is 5.73 Å². The van der Waals surface area contributed by atoms with Crippen LogP contribution < -0.4 is 11.1 Å². The van der Waals surface area contributed by atoms with Crippen LogP contribution in [0.3, 0.4) is 0 Å². The third kappa shape index (κ3) is 4.19. The molecule has 1 aliphatic heterocycles. The molecule has 2 rings (SSSR count). The maximum absolute atomic E-state index is 12.8. The van der Waals surface area contributed by atoms with E-state index < -0.39 is 0 Å². The molecule has 6 heteroatoms. The lowest BCUT2D eigenvalue weighted by Gasteiger charge is -2.33. The number of thioether (sulfide) groups is 1. The molecule has 1 unspecified atom stereocenters. The number of benzene rings is 1. The normalized spacial score (nSPS) is 20.4. The number of nitrogens with zero attached hydrogens (tertiary/aromatic N) is 1. The molecule has 0 spiro atoms. The van der Waals surface area contributed by atoms with Crippen molar-refractivity contribution in [2.24, 2.45) is 5.73 Å². The summed E-state index contributed by atoms with van der Waals surface area (Å²) in [5.41, 5.74) is 5.39. The van der Waals surface area contributed by atoms with Gasteiger partial charge in [-0.15, -0.1) is 11.8 Å². The van der Waals surface area contributed by atoms with Gasteiger partial charge in [0.2, 0.25) is 5.91 Å². The third-order valence-corrected chi connectivity index (χ3v) is 4.14. The van der Waals surface area contributed by atoms with E-state index in [2.05, 4.69) is 10.2 Å². The van der Waals surface area contributed by atoms with Crippen LogP contribution in [0.2, 0.25) is 0 Å². The second-order valence-corrected chi connectivity index (χ2v) is 5.63. The lowest BCUT2D eigenvalue weighted by atomic mass is 10.2. The summed E-state index contributed by atoms with van der Waals surface area (Å²) in [6.45, 7) is 3.14. The second kappa shape index (κ2) is 6.88. The fraction of sp³-hybridized carbons (Fsp3) is 0.462. The first kappa shape index (κ1) is 14.3. The van der Waals surface area contributed by atoms with Gasteiger partial charge in [0.25, 0.3) is 0 Å².